The Morgan fingerprint density at radius 3 is 2.95 bits per heavy atom. The summed E-state index contributed by atoms with van der Waals surface area (Å²) in [5, 5.41) is 9.34. The molecular weight excluding hydrogens is 246 g/mol. The van der Waals surface area contributed by atoms with Gasteiger partial charge < -0.3 is 20.2 Å². The molecule has 7 nitrogen and oxygen atoms in total. The van der Waals surface area contributed by atoms with Gasteiger partial charge >= 0.3 is 0 Å². The number of aliphatic hydroxyl groups is 1. The first-order valence-corrected chi connectivity index (χ1v) is 6.28. The van der Waals surface area contributed by atoms with Gasteiger partial charge in [0, 0.05) is 18.7 Å². The van der Waals surface area contributed by atoms with Gasteiger partial charge in [-0.25, -0.2) is 15.8 Å². The lowest BCUT2D eigenvalue weighted by molar-refractivity contribution is -0.101. The van der Waals surface area contributed by atoms with Crippen LogP contribution in [-0.2, 0) is 4.74 Å². The molecule has 0 spiro atoms. The number of hydrogen-bond donors (Lipinski definition) is 3. The van der Waals surface area contributed by atoms with Gasteiger partial charge in [-0.05, 0) is 20.8 Å². The number of hydrazine groups is 1. The van der Waals surface area contributed by atoms with E-state index in [4.69, 9.17) is 10.6 Å². The van der Waals surface area contributed by atoms with Crippen molar-refractivity contribution in [1.82, 2.24) is 9.97 Å². The molecule has 1 aromatic rings. The molecule has 1 fully saturated rings. The number of morpholine rings is 1. The second-order valence-corrected chi connectivity index (χ2v) is 5.38. The quantitative estimate of drug-likeness (QED) is 0.526. The predicted molar refractivity (Wildman–Crippen MR) is 72.8 cm³/mol. The van der Waals surface area contributed by atoms with E-state index < -0.39 is 0 Å². The number of nitrogens with zero attached hydrogens (tertiary/aromatic N) is 3. The Bertz CT molecular complexity index is 452. The molecule has 0 aromatic carbocycles. The first-order valence-electron chi connectivity index (χ1n) is 6.28. The first-order chi connectivity index (χ1) is 8.96. The maximum absolute atomic E-state index is 9.34. The number of nitrogens with one attached hydrogen (secondary N) is 1. The molecule has 1 aliphatic heterocycles. The number of aliphatic hydroxyl groups excluding tert-OH is 1. The van der Waals surface area contributed by atoms with Crippen molar-refractivity contribution in [2.45, 2.75) is 32.5 Å². The smallest absolute Gasteiger partial charge is 0.148 e. The van der Waals surface area contributed by atoms with Crippen molar-refractivity contribution in [3.8, 4) is 0 Å². The fourth-order valence-corrected chi connectivity index (χ4v) is 2.46. The van der Waals surface area contributed by atoms with Crippen molar-refractivity contribution >= 4 is 11.6 Å². The molecule has 19 heavy (non-hydrogen) atoms. The molecule has 1 unspecified atom stereocenters. The summed E-state index contributed by atoms with van der Waals surface area (Å²) in [7, 11) is 0. The van der Waals surface area contributed by atoms with E-state index in [-0.39, 0.29) is 18.3 Å². The summed E-state index contributed by atoms with van der Waals surface area (Å²) in [6.07, 6.45) is 1.26. The normalized spacial score (nSPS) is 22.4. The van der Waals surface area contributed by atoms with Gasteiger partial charge in [-0.1, -0.05) is 0 Å². The van der Waals surface area contributed by atoms with Crippen LogP contribution in [0.2, 0.25) is 0 Å². The van der Waals surface area contributed by atoms with Gasteiger partial charge in [-0.15, -0.1) is 0 Å². The lowest BCUT2D eigenvalue weighted by Gasteiger charge is -2.43. The van der Waals surface area contributed by atoms with Crippen LogP contribution in [-0.4, -0.2) is 46.5 Å². The molecule has 2 heterocycles. The monoisotopic (exact) mass is 267 g/mol. The molecular formula is C12H21N5O2. The van der Waals surface area contributed by atoms with Crippen molar-refractivity contribution in [2.24, 2.45) is 5.84 Å². The van der Waals surface area contributed by atoms with Crippen molar-refractivity contribution in [3.05, 3.63) is 11.9 Å². The second-order valence-electron chi connectivity index (χ2n) is 5.38. The predicted octanol–water partition coefficient (Wildman–Crippen LogP) is 0.0467. The standard InChI is InChI=1S/C12H21N5O2/c1-8-10(16-13)14-7-15-11(8)17-4-9(5-18)19-12(2,3)6-17/h7,9,18H,4-6,13H2,1-3H3,(H,14,15,16). The second kappa shape index (κ2) is 5.28. The molecule has 0 saturated carbocycles. The molecule has 1 saturated heterocycles. The third-order valence-corrected chi connectivity index (χ3v) is 3.18. The van der Waals surface area contributed by atoms with Crippen molar-refractivity contribution in [2.75, 3.05) is 30.0 Å². The highest BCUT2D eigenvalue weighted by Gasteiger charge is 2.34. The zero-order valence-electron chi connectivity index (χ0n) is 11.6. The summed E-state index contributed by atoms with van der Waals surface area (Å²) in [5.41, 5.74) is 3.12. The Hall–Kier alpha value is -1.44. The maximum atomic E-state index is 9.34. The number of nitrogen functional groups attached to an aromatic ring is 1. The number of anilines is 2. The summed E-state index contributed by atoms with van der Waals surface area (Å²) in [5.74, 6) is 6.86. The number of aromatic nitrogens is 2. The number of nitrogens with two attached hydrogens (primary N) is 1. The first kappa shape index (κ1) is 14.0. The molecule has 0 aliphatic carbocycles. The average molecular weight is 267 g/mol. The Kier molecular flexibility index (Phi) is 3.88. The molecule has 1 aliphatic rings. The Balaban J connectivity index is 2.30. The average Bonchev–Trinajstić information content (AvgIpc) is 2.37. The molecule has 1 aromatic heterocycles. The van der Waals surface area contributed by atoms with E-state index in [1.807, 2.05) is 20.8 Å². The van der Waals surface area contributed by atoms with Crippen molar-refractivity contribution < 1.29 is 9.84 Å². The van der Waals surface area contributed by atoms with E-state index in [0.717, 1.165) is 11.4 Å². The van der Waals surface area contributed by atoms with E-state index in [1.54, 1.807) is 0 Å². The Morgan fingerprint density at radius 1 is 1.58 bits per heavy atom. The third kappa shape index (κ3) is 2.94. The molecule has 7 heteroatoms. The van der Waals surface area contributed by atoms with Gasteiger partial charge in [0.1, 0.15) is 18.0 Å². The van der Waals surface area contributed by atoms with Crippen LogP contribution in [0.1, 0.15) is 19.4 Å². The molecule has 0 bridgehead atoms. The molecule has 106 valence electrons. The van der Waals surface area contributed by atoms with Gasteiger partial charge in [-0.2, -0.15) is 0 Å². The van der Waals surface area contributed by atoms with Crippen LogP contribution in [0.15, 0.2) is 6.33 Å². The summed E-state index contributed by atoms with van der Waals surface area (Å²) in [6, 6.07) is 0. The van der Waals surface area contributed by atoms with Crippen LogP contribution in [0, 0.1) is 6.92 Å². The van der Waals surface area contributed by atoms with E-state index >= 15 is 0 Å². The van der Waals surface area contributed by atoms with Gasteiger partial charge in [0.15, 0.2) is 0 Å². The highest BCUT2D eigenvalue weighted by molar-refractivity contribution is 5.57. The van der Waals surface area contributed by atoms with E-state index in [9.17, 15) is 5.11 Å². The van der Waals surface area contributed by atoms with Crippen LogP contribution in [0.5, 0.6) is 0 Å². The van der Waals surface area contributed by atoms with Gasteiger partial charge in [0.05, 0.1) is 18.3 Å². The fraction of sp³-hybridized carbons (Fsp3) is 0.667. The van der Waals surface area contributed by atoms with Gasteiger partial charge in [0.2, 0.25) is 0 Å². The summed E-state index contributed by atoms with van der Waals surface area (Å²) in [6.45, 7) is 7.21. The number of ether oxygens (including phenoxy) is 1. The van der Waals surface area contributed by atoms with E-state index in [0.29, 0.717) is 18.9 Å². The topological polar surface area (TPSA) is 96.5 Å². The van der Waals surface area contributed by atoms with Crippen LogP contribution in [0.3, 0.4) is 0 Å². The van der Waals surface area contributed by atoms with Crippen LogP contribution in [0.4, 0.5) is 11.6 Å². The highest BCUT2D eigenvalue weighted by atomic mass is 16.5. The molecule has 0 radical (unpaired) electrons. The number of rotatable bonds is 3. The molecule has 2 rings (SSSR count). The minimum atomic E-state index is -0.334. The van der Waals surface area contributed by atoms with Crippen molar-refractivity contribution in [3.63, 3.8) is 0 Å². The lowest BCUT2D eigenvalue weighted by atomic mass is 10.0. The van der Waals surface area contributed by atoms with E-state index in [1.165, 1.54) is 6.33 Å². The highest BCUT2D eigenvalue weighted by Crippen LogP contribution is 2.28. The van der Waals surface area contributed by atoms with Gasteiger partial charge in [-0.3, -0.25) is 0 Å². The zero-order chi connectivity index (χ0) is 14.0. The Morgan fingerprint density at radius 2 is 2.32 bits per heavy atom. The van der Waals surface area contributed by atoms with Crippen molar-refractivity contribution in [1.29, 1.82) is 0 Å². The molecule has 4 N–H and O–H groups in total. The van der Waals surface area contributed by atoms with Crippen LogP contribution >= 0.6 is 0 Å². The largest absolute Gasteiger partial charge is 0.394 e. The minimum Gasteiger partial charge on any atom is -0.394 e. The molecule has 1 atom stereocenters. The van der Waals surface area contributed by atoms with Gasteiger partial charge in [0.25, 0.3) is 0 Å². The molecule has 0 amide bonds. The summed E-state index contributed by atoms with van der Waals surface area (Å²) in [4.78, 5) is 10.5. The SMILES string of the molecule is Cc1c(NN)ncnc1N1CC(CO)OC(C)(C)C1. The number of hydrogen-bond acceptors (Lipinski definition) is 7. The third-order valence-electron chi connectivity index (χ3n) is 3.18. The zero-order valence-corrected chi connectivity index (χ0v) is 11.6. The van der Waals surface area contributed by atoms with Crippen LogP contribution < -0.4 is 16.2 Å². The van der Waals surface area contributed by atoms with E-state index in [2.05, 4.69) is 20.3 Å². The minimum absolute atomic E-state index is 0.00788. The maximum Gasteiger partial charge on any atom is 0.148 e. The summed E-state index contributed by atoms with van der Waals surface area (Å²) >= 11 is 0. The van der Waals surface area contributed by atoms with Crippen LogP contribution in [0.25, 0.3) is 0 Å². The summed E-state index contributed by atoms with van der Waals surface area (Å²) < 4.78 is 5.80. The lowest BCUT2D eigenvalue weighted by Crippen LogP contribution is -2.54. The Labute approximate surface area is 112 Å². The fourth-order valence-electron chi connectivity index (χ4n) is 2.46.